The van der Waals surface area contributed by atoms with E-state index in [0.717, 1.165) is 16.3 Å². The lowest BCUT2D eigenvalue weighted by Gasteiger charge is -2.29. The summed E-state index contributed by atoms with van der Waals surface area (Å²) in [4.78, 5) is 15.5. The van der Waals surface area contributed by atoms with Gasteiger partial charge in [-0.05, 0) is 31.2 Å². The van der Waals surface area contributed by atoms with Gasteiger partial charge >= 0.3 is 0 Å². The summed E-state index contributed by atoms with van der Waals surface area (Å²) in [5, 5.41) is 0. The fourth-order valence-electron chi connectivity index (χ4n) is 2.49. The Morgan fingerprint density at radius 3 is 2.57 bits per heavy atom. The van der Waals surface area contributed by atoms with Crippen molar-refractivity contribution >= 4 is 23.4 Å². The molecule has 1 aliphatic heterocycles. The number of benzene rings is 2. The van der Waals surface area contributed by atoms with E-state index in [1.54, 1.807) is 16.7 Å². The van der Waals surface area contributed by atoms with Crippen LogP contribution in [0.5, 0.6) is 11.5 Å². The van der Waals surface area contributed by atoms with E-state index in [1.165, 1.54) is 0 Å². The summed E-state index contributed by atoms with van der Waals surface area (Å²) >= 11 is 1.78. The van der Waals surface area contributed by atoms with Crippen LogP contribution >= 0.6 is 11.8 Å². The minimum atomic E-state index is -0.0379. The van der Waals surface area contributed by atoms with Crippen molar-refractivity contribution in [3.8, 4) is 11.5 Å². The Bertz CT molecular complexity index is 689. The zero-order valence-corrected chi connectivity index (χ0v) is 13.8. The number of ether oxygens (including phenoxy) is 2. The van der Waals surface area contributed by atoms with Crippen molar-refractivity contribution < 1.29 is 14.3 Å². The maximum atomic E-state index is 12.6. The molecule has 2 aromatic rings. The summed E-state index contributed by atoms with van der Waals surface area (Å²) in [6, 6.07) is 15.4. The van der Waals surface area contributed by atoms with Gasteiger partial charge in [0.2, 0.25) is 0 Å². The van der Waals surface area contributed by atoms with Gasteiger partial charge in [0.1, 0.15) is 0 Å². The molecule has 4 nitrogen and oxygen atoms in total. The van der Waals surface area contributed by atoms with Crippen LogP contribution in [0.2, 0.25) is 0 Å². The Hall–Kier alpha value is -2.14. The van der Waals surface area contributed by atoms with Crippen LogP contribution in [0.25, 0.3) is 0 Å². The molecule has 1 amide bonds. The van der Waals surface area contributed by atoms with E-state index < -0.39 is 0 Å². The van der Waals surface area contributed by atoms with Gasteiger partial charge in [0.25, 0.3) is 5.91 Å². The second kappa shape index (κ2) is 7.42. The fourth-order valence-corrected chi connectivity index (χ4v) is 3.48. The highest BCUT2D eigenvalue weighted by atomic mass is 32.2. The number of carbonyl (C=O) groups excluding carboxylic acids is 1. The molecule has 0 fully saturated rings. The first-order valence-corrected chi connectivity index (χ1v) is 8.65. The van der Waals surface area contributed by atoms with E-state index in [0.29, 0.717) is 24.7 Å². The van der Waals surface area contributed by atoms with Crippen LogP contribution in [0.3, 0.4) is 0 Å². The highest BCUT2D eigenvalue weighted by Crippen LogP contribution is 2.34. The van der Waals surface area contributed by atoms with Crippen molar-refractivity contribution in [2.75, 3.05) is 30.4 Å². The number of hydrogen-bond acceptors (Lipinski definition) is 4. The summed E-state index contributed by atoms with van der Waals surface area (Å²) in [7, 11) is 0. The average molecular weight is 329 g/mol. The molecule has 0 radical (unpaired) electrons. The Kier molecular flexibility index (Phi) is 5.08. The third kappa shape index (κ3) is 3.62. The van der Waals surface area contributed by atoms with E-state index in [2.05, 4.69) is 0 Å². The molecule has 1 heterocycles. The van der Waals surface area contributed by atoms with E-state index in [1.807, 2.05) is 55.5 Å². The summed E-state index contributed by atoms with van der Waals surface area (Å²) in [6.45, 7) is 3.19. The number of carbonyl (C=O) groups is 1. The predicted molar refractivity (Wildman–Crippen MR) is 92.6 cm³/mol. The predicted octanol–water partition coefficient (Wildman–Crippen LogP) is 3.60. The average Bonchev–Trinajstić information content (AvgIpc) is 2.60. The maximum absolute atomic E-state index is 12.6. The molecule has 120 valence electrons. The van der Waals surface area contributed by atoms with Gasteiger partial charge in [0, 0.05) is 17.2 Å². The number of hydrogen-bond donors (Lipinski definition) is 0. The molecular formula is C18H19NO3S. The monoisotopic (exact) mass is 329 g/mol. The highest BCUT2D eigenvalue weighted by molar-refractivity contribution is 7.99. The Morgan fingerprint density at radius 1 is 1.09 bits per heavy atom. The lowest BCUT2D eigenvalue weighted by atomic mass is 10.2. The summed E-state index contributed by atoms with van der Waals surface area (Å²) < 4.78 is 11.2. The highest BCUT2D eigenvalue weighted by Gasteiger charge is 2.23. The van der Waals surface area contributed by atoms with E-state index in [4.69, 9.17) is 9.47 Å². The first-order valence-electron chi connectivity index (χ1n) is 7.66. The van der Waals surface area contributed by atoms with Gasteiger partial charge in [-0.2, -0.15) is 0 Å². The maximum Gasteiger partial charge on any atom is 0.264 e. The molecule has 0 saturated carbocycles. The van der Waals surface area contributed by atoms with Gasteiger partial charge in [-0.25, -0.2) is 0 Å². The van der Waals surface area contributed by atoms with Crippen LogP contribution in [-0.4, -0.2) is 31.4 Å². The number of fused-ring (bicyclic) bond motifs is 1. The lowest BCUT2D eigenvalue weighted by Crippen LogP contribution is -2.38. The third-order valence-electron chi connectivity index (χ3n) is 3.53. The quantitative estimate of drug-likeness (QED) is 0.840. The zero-order chi connectivity index (χ0) is 16.1. The lowest BCUT2D eigenvalue weighted by molar-refractivity contribution is -0.120. The minimum Gasteiger partial charge on any atom is -0.490 e. The number of rotatable bonds is 5. The largest absolute Gasteiger partial charge is 0.490 e. The molecule has 0 saturated heterocycles. The van der Waals surface area contributed by atoms with Crippen LogP contribution in [0.1, 0.15) is 6.92 Å². The van der Waals surface area contributed by atoms with E-state index in [-0.39, 0.29) is 12.5 Å². The van der Waals surface area contributed by atoms with Crippen LogP contribution in [0, 0.1) is 0 Å². The van der Waals surface area contributed by atoms with Gasteiger partial charge in [-0.3, -0.25) is 4.79 Å². The van der Waals surface area contributed by atoms with Crippen molar-refractivity contribution in [1.29, 1.82) is 0 Å². The molecule has 5 heteroatoms. The Morgan fingerprint density at radius 2 is 1.78 bits per heavy atom. The van der Waals surface area contributed by atoms with Gasteiger partial charge in [-0.1, -0.05) is 24.3 Å². The molecule has 1 aliphatic rings. The molecule has 0 aliphatic carbocycles. The fraction of sp³-hybridized carbons (Fsp3) is 0.278. The molecule has 0 spiro atoms. The van der Waals surface area contributed by atoms with Gasteiger partial charge < -0.3 is 14.4 Å². The van der Waals surface area contributed by atoms with Gasteiger partial charge in [0.05, 0.1) is 12.3 Å². The molecule has 0 atom stereocenters. The molecule has 3 rings (SSSR count). The summed E-state index contributed by atoms with van der Waals surface area (Å²) in [5.74, 6) is 2.13. The van der Waals surface area contributed by atoms with E-state index in [9.17, 15) is 4.79 Å². The minimum absolute atomic E-state index is 0.00306. The molecule has 0 unspecified atom stereocenters. The second-order valence-electron chi connectivity index (χ2n) is 5.03. The number of nitrogens with zero attached hydrogens (tertiary/aromatic N) is 1. The van der Waals surface area contributed by atoms with Crippen LogP contribution < -0.4 is 14.4 Å². The second-order valence-corrected chi connectivity index (χ2v) is 6.17. The van der Waals surface area contributed by atoms with E-state index >= 15 is 0 Å². The van der Waals surface area contributed by atoms with Crippen molar-refractivity contribution in [2.45, 2.75) is 11.8 Å². The SMILES string of the molecule is CCOc1ccccc1OCC(=O)N1CCSc2ccccc21. The molecule has 0 N–H and O–H groups in total. The van der Waals surface area contributed by atoms with Crippen LogP contribution in [0.4, 0.5) is 5.69 Å². The van der Waals surface area contributed by atoms with Crippen molar-refractivity contribution in [3.05, 3.63) is 48.5 Å². The normalized spacial score (nSPS) is 13.3. The summed E-state index contributed by atoms with van der Waals surface area (Å²) in [5.41, 5.74) is 0.968. The summed E-state index contributed by atoms with van der Waals surface area (Å²) in [6.07, 6.45) is 0. The molecule has 0 aromatic heterocycles. The molecular weight excluding hydrogens is 310 g/mol. The molecule has 0 bridgehead atoms. The topological polar surface area (TPSA) is 38.8 Å². The first-order chi connectivity index (χ1) is 11.3. The van der Waals surface area contributed by atoms with Crippen molar-refractivity contribution in [1.82, 2.24) is 0 Å². The van der Waals surface area contributed by atoms with Crippen molar-refractivity contribution in [2.24, 2.45) is 0 Å². The van der Waals surface area contributed by atoms with Crippen LogP contribution in [0.15, 0.2) is 53.4 Å². The molecule has 2 aromatic carbocycles. The number of amides is 1. The Balaban J connectivity index is 1.69. The standard InChI is InChI=1S/C18H19NO3S/c1-2-21-15-8-4-5-9-16(15)22-13-18(20)19-11-12-23-17-10-6-3-7-14(17)19/h3-10H,2,11-13H2,1H3. The van der Waals surface area contributed by atoms with Gasteiger partial charge in [0.15, 0.2) is 18.1 Å². The molecule has 23 heavy (non-hydrogen) atoms. The third-order valence-corrected chi connectivity index (χ3v) is 4.57. The first kappa shape index (κ1) is 15.7. The number of anilines is 1. The van der Waals surface area contributed by atoms with Crippen molar-refractivity contribution in [3.63, 3.8) is 0 Å². The van der Waals surface area contributed by atoms with Gasteiger partial charge in [-0.15, -0.1) is 11.8 Å². The smallest absolute Gasteiger partial charge is 0.264 e. The Labute approximate surface area is 140 Å². The van der Waals surface area contributed by atoms with Crippen LogP contribution in [-0.2, 0) is 4.79 Å². The zero-order valence-electron chi connectivity index (χ0n) is 13.0. The number of thioether (sulfide) groups is 1. The number of para-hydroxylation sites is 3.